The summed E-state index contributed by atoms with van der Waals surface area (Å²) in [4.78, 5) is 0. The molecule has 0 aromatic heterocycles. The molecule has 0 spiro atoms. The summed E-state index contributed by atoms with van der Waals surface area (Å²) in [5, 5.41) is 0. The van der Waals surface area contributed by atoms with E-state index in [1.807, 2.05) is 7.11 Å². The van der Waals surface area contributed by atoms with Gasteiger partial charge >= 0.3 is 0 Å². The Kier molecular flexibility index (Phi) is 4.21. The van der Waals surface area contributed by atoms with Gasteiger partial charge in [0.25, 0.3) is 0 Å². The smallest absolute Gasteiger partial charge is 0.116 e. The van der Waals surface area contributed by atoms with Crippen LogP contribution in [0.15, 0.2) is 0 Å². The van der Waals surface area contributed by atoms with Gasteiger partial charge in [-0.25, -0.2) is 0 Å². The summed E-state index contributed by atoms with van der Waals surface area (Å²) in [5.41, 5.74) is 0.0816. The van der Waals surface area contributed by atoms with Gasteiger partial charge in [0.1, 0.15) is 12.1 Å². The molecule has 0 rings (SSSR count). The van der Waals surface area contributed by atoms with E-state index in [1.54, 1.807) is 0 Å². The molecule has 0 unspecified atom stereocenters. The second-order valence-electron chi connectivity index (χ2n) is 4.54. The van der Waals surface area contributed by atoms with E-state index in [0.717, 1.165) is 23.9 Å². The van der Waals surface area contributed by atoms with Gasteiger partial charge in [-0.2, -0.15) is 0 Å². The molecule has 0 amide bonds. The van der Waals surface area contributed by atoms with Crippen molar-refractivity contribution >= 4 is 0 Å². The minimum atomic E-state index is 0.0816. The first-order valence-corrected chi connectivity index (χ1v) is 4.75. The number of quaternary nitrogens is 1. The largest absolute Gasteiger partial charge is 0.372 e. The quantitative estimate of drug-likeness (QED) is 0.578. The monoisotopic (exact) mass is 174 g/mol. The molecule has 0 aliphatic carbocycles. The molecule has 0 N–H and O–H groups in total. The molecule has 0 saturated heterocycles. The van der Waals surface area contributed by atoms with Crippen LogP contribution in [0.2, 0.25) is 0 Å². The zero-order valence-corrected chi connectivity index (χ0v) is 9.48. The van der Waals surface area contributed by atoms with E-state index < -0.39 is 0 Å². The number of nitrogens with zero attached hydrogens (tertiary/aromatic N) is 1. The molecule has 0 aliphatic heterocycles. The topological polar surface area (TPSA) is 9.23 Å². The predicted octanol–water partition coefficient (Wildman–Crippen LogP) is 1.90. The summed E-state index contributed by atoms with van der Waals surface area (Å²) in [6.07, 6.45) is 2.19. The second kappa shape index (κ2) is 4.24. The van der Waals surface area contributed by atoms with Crippen LogP contribution in [-0.2, 0) is 4.74 Å². The van der Waals surface area contributed by atoms with E-state index >= 15 is 0 Å². The number of ether oxygens (including phenoxy) is 1. The highest BCUT2D eigenvalue weighted by Gasteiger charge is 2.31. The molecule has 0 aromatic rings. The summed E-state index contributed by atoms with van der Waals surface area (Å²) >= 11 is 0. The Bertz CT molecular complexity index is 114. The minimum absolute atomic E-state index is 0.0816. The zero-order valence-electron chi connectivity index (χ0n) is 9.48. The summed E-state index contributed by atoms with van der Waals surface area (Å²) < 4.78 is 6.56. The fourth-order valence-corrected chi connectivity index (χ4v) is 1.69. The first kappa shape index (κ1) is 11.9. The molecule has 0 aromatic carbocycles. The summed E-state index contributed by atoms with van der Waals surface area (Å²) in [5.74, 6) is 0. The Morgan fingerprint density at radius 3 is 1.58 bits per heavy atom. The van der Waals surface area contributed by atoms with Crippen molar-refractivity contribution in [1.29, 1.82) is 0 Å². The molecule has 0 heterocycles. The van der Waals surface area contributed by atoms with Gasteiger partial charge in [-0.15, -0.1) is 0 Å². The molecular weight excluding hydrogens is 150 g/mol. The molecular formula is C10H24NO+. The SMILES string of the molecule is CCC(CC)(C[N+](C)(C)C)OC. The van der Waals surface area contributed by atoms with Crippen molar-refractivity contribution in [3.8, 4) is 0 Å². The molecule has 0 bridgehead atoms. The van der Waals surface area contributed by atoms with Crippen LogP contribution in [-0.4, -0.2) is 44.9 Å². The maximum atomic E-state index is 5.60. The highest BCUT2D eigenvalue weighted by molar-refractivity contribution is 4.76. The van der Waals surface area contributed by atoms with Crippen LogP contribution in [0.25, 0.3) is 0 Å². The first-order chi connectivity index (χ1) is 5.39. The van der Waals surface area contributed by atoms with Gasteiger partial charge in [-0.3, -0.25) is 0 Å². The Hall–Kier alpha value is -0.0800. The summed E-state index contributed by atoms with van der Waals surface area (Å²) in [6.45, 7) is 5.47. The van der Waals surface area contributed by atoms with Gasteiger partial charge in [-0.1, -0.05) is 13.8 Å². The number of hydrogen-bond donors (Lipinski definition) is 0. The molecule has 0 fully saturated rings. The maximum Gasteiger partial charge on any atom is 0.116 e. The third kappa shape index (κ3) is 3.55. The van der Waals surface area contributed by atoms with Crippen LogP contribution < -0.4 is 0 Å². The van der Waals surface area contributed by atoms with Crippen LogP contribution in [0, 0.1) is 0 Å². The fraction of sp³-hybridized carbons (Fsp3) is 1.00. The number of rotatable bonds is 5. The number of likely N-dealkylation sites (N-methyl/N-ethyl adjacent to an activating group) is 1. The standard InChI is InChI=1S/C10H24NO/c1-7-10(8-2,12-6)9-11(3,4)5/h7-9H2,1-6H3/q+1. The van der Waals surface area contributed by atoms with Crippen LogP contribution >= 0.6 is 0 Å². The predicted molar refractivity (Wildman–Crippen MR) is 53.2 cm³/mol. The Morgan fingerprint density at radius 2 is 1.50 bits per heavy atom. The maximum absolute atomic E-state index is 5.60. The van der Waals surface area contributed by atoms with Crippen LogP contribution in [0.1, 0.15) is 26.7 Å². The average molecular weight is 174 g/mol. The molecule has 74 valence electrons. The van der Waals surface area contributed by atoms with Crippen molar-refractivity contribution in [3.63, 3.8) is 0 Å². The van der Waals surface area contributed by atoms with Gasteiger partial charge in [0.2, 0.25) is 0 Å². The van der Waals surface area contributed by atoms with Crippen LogP contribution in [0.3, 0.4) is 0 Å². The number of methoxy groups -OCH3 is 1. The van der Waals surface area contributed by atoms with Crippen molar-refractivity contribution in [1.82, 2.24) is 0 Å². The Balaban J connectivity index is 4.30. The molecule has 0 radical (unpaired) electrons. The van der Waals surface area contributed by atoms with E-state index in [1.165, 1.54) is 0 Å². The van der Waals surface area contributed by atoms with E-state index in [-0.39, 0.29) is 5.60 Å². The molecule has 0 atom stereocenters. The molecule has 12 heavy (non-hydrogen) atoms. The highest BCUT2D eigenvalue weighted by Crippen LogP contribution is 2.21. The zero-order chi connectivity index (χ0) is 9.83. The first-order valence-electron chi connectivity index (χ1n) is 4.75. The van der Waals surface area contributed by atoms with Gasteiger partial charge in [0.05, 0.1) is 21.1 Å². The van der Waals surface area contributed by atoms with Crippen molar-refractivity contribution in [3.05, 3.63) is 0 Å². The molecule has 2 heteroatoms. The van der Waals surface area contributed by atoms with Gasteiger partial charge in [-0.05, 0) is 12.8 Å². The number of hydrogen-bond acceptors (Lipinski definition) is 1. The second-order valence-corrected chi connectivity index (χ2v) is 4.54. The Labute approximate surface area is 77.1 Å². The fourth-order valence-electron chi connectivity index (χ4n) is 1.69. The summed E-state index contributed by atoms with van der Waals surface area (Å²) in [6, 6.07) is 0. The van der Waals surface area contributed by atoms with E-state index in [2.05, 4.69) is 35.0 Å². The highest BCUT2D eigenvalue weighted by atomic mass is 16.5. The van der Waals surface area contributed by atoms with Gasteiger partial charge in [0.15, 0.2) is 0 Å². The molecule has 2 nitrogen and oxygen atoms in total. The third-order valence-corrected chi connectivity index (χ3v) is 2.48. The lowest BCUT2D eigenvalue weighted by atomic mass is 9.96. The Morgan fingerprint density at radius 1 is 1.08 bits per heavy atom. The van der Waals surface area contributed by atoms with Crippen molar-refractivity contribution in [2.75, 3.05) is 34.8 Å². The van der Waals surface area contributed by atoms with Crippen LogP contribution in [0.5, 0.6) is 0 Å². The third-order valence-electron chi connectivity index (χ3n) is 2.48. The lowest BCUT2D eigenvalue weighted by molar-refractivity contribution is -0.877. The van der Waals surface area contributed by atoms with Gasteiger partial charge in [0, 0.05) is 7.11 Å². The lowest BCUT2D eigenvalue weighted by Gasteiger charge is -2.37. The average Bonchev–Trinajstić information content (AvgIpc) is 1.99. The van der Waals surface area contributed by atoms with Crippen molar-refractivity contribution < 1.29 is 9.22 Å². The minimum Gasteiger partial charge on any atom is -0.372 e. The molecule has 0 saturated carbocycles. The van der Waals surface area contributed by atoms with E-state index in [9.17, 15) is 0 Å². The van der Waals surface area contributed by atoms with Crippen LogP contribution in [0.4, 0.5) is 0 Å². The van der Waals surface area contributed by atoms with E-state index in [0.29, 0.717) is 0 Å². The summed E-state index contributed by atoms with van der Waals surface area (Å²) in [7, 11) is 8.44. The lowest BCUT2D eigenvalue weighted by Crippen LogP contribution is -2.49. The van der Waals surface area contributed by atoms with Crippen molar-refractivity contribution in [2.45, 2.75) is 32.3 Å². The van der Waals surface area contributed by atoms with Crippen molar-refractivity contribution in [2.24, 2.45) is 0 Å². The normalized spacial score (nSPS) is 13.5. The van der Waals surface area contributed by atoms with E-state index in [4.69, 9.17) is 4.74 Å². The van der Waals surface area contributed by atoms with Gasteiger partial charge < -0.3 is 9.22 Å². The molecule has 0 aliphatic rings.